The van der Waals surface area contributed by atoms with E-state index in [0.717, 1.165) is 19.5 Å². The van der Waals surface area contributed by atoms with Crippen LogP contribution in [0, 0.1) is 0 Å². The summed E-state index contributed by atoms with van der Waals surface area (Å²) in [7, 11) is 14.5. The molecular formula is C44H99N7O8. The van der Waals surface area contributed by atoms with Gasteiger partial charge in [0.2, 0.25) is 0 Å². The molecular weight excluding hydrogens is 755 g/mol. The summed E-state index contributed by atoms with van der Waals surface area (Å²) >= 11 is 0. The van der Waals surface area contributed by atoms with Crippen molar-refractivity contribution >= 4 is 23.3 Å². The highest BCUT2D eigenvalue weighted by Gasteiger charge is 2.42. The number of methoxy groups -OCH3 is 1. The van der Waals surface area contributed by atoms with Gasteiger partial charge in [-0.05, 0) is 132 Å². The van der Waals surface area contributed by atoms with Crippen molar-refractivity contribution in [3.8, 4) is 0 Å². The number of aliphatic hydroxyl groups is 3. The van der Waals surface area contributed by atoms with E-state index in [1.807, 2.05) is 137 Å². The van der Waals surface area contributed by atoms with E-state index >= 15 is 0 Å². The molecule has 7 N–H and O–H groups in total. The molecule has 3 heterocycles. The number of β-amino-alcohol motifs (C(OH)–C–C–N with tert-alkyl or cyclic N) is 2. The van der Waals surface area contributed by atoms with Crippen LogP contribution in [0.15, 0.2) is 0 Å². The maximum atomic E-state index is 10.7. The molecule has 0 saturated carbocycles. The average Bonchev–Trinajstić information content (AvgIpc) is 3.23. The monoisotopic (exact) mass is 854 g/mol. The molecule has 0 aromatic carbocycles. The normalized spacial score (nSPS) is 25.7. The molecule has 0 radical (unpaired) electrons. The Morgan fingerprint density at radius 2 is 1.12 bits per heavy atom. The van der Waals surface area contributed by atoms with E-state index < -0.39 is 16.8 Å². The van der Waals surface area contributed by atoms with Crippen LogP contribution in [-0.4, -0.2) is 189 Å². The number of esters is 1. The Morgan fingerprint density at radius 1 is 0.763 bits per heavy atom. The van der Waals surface area contributed by atoms with Crippen molar-refractivity contribution in [1.29, 1.82) is 0 Å². The van der Waals surface area contributed by atoms with Gasteiger partial charge < -0.3 is 41.3 Å². The molecule has 3 aliphatic heterocycles. The Balaban J connectivity index is -0.000000137. The smallest absolute Gasteiger partial charge is 0.322 e. The number of ether oxygens (including phenoxy) is 1. The molecule has 3 aliphatic rings. The summed E-state index contributed by atoms with van der Waals surface area (Å²) in [4.78, 5) is 48.1. The van der Waals surface area contributed by atoms with Crippen LogP contribution in [0.1, 0.15) is 131 Å². The molecule has 15 heteroatoms. The van der Waals surface area contributed by atoms with Gasteiger partial charge in [-0.2, -0.15) is 0 Å². The first kappa shape index (κ1) is 68.8. The van der Waals surface area contributed by atoms with Crippen molar-refractivity contribution in [1.82, 2.24) is 36.0 Å². The molecule has 0 aliphatic carbocycles. The van der Waals surface area contributed by atoms with Gasteiger partial charge in [0.25, 0.3) is 0 Å². The number of ketones is 3. The highest BCUT2D eigenvalue weighted by atomic mass is 16.5. The maximum absolute atomic E-state index is 10.7. The van der Waals surface area contributed by atoms with Gasteiger partial charge in [0, 0.05) is 37.6 Å². The Hall–Kier alpha value is -1.92. The molecule has 10 unspecified atom stereocenters. The van der Waals surface area contributed by atoms with Gasteiger partial charge in [-0.3, -0.25) is 33.9 Å². The minimum Gasteiger partial charge on any atom is -0.468 e. The number of likely N-dealkylation sites (tertiary alicyclic amines) is 3. The predicted octanol–water partition coefficient (Wildman–Crippen LogP) is 3.36. The van der Waals surface area contributed by atoms with Crippen LogP contribution in [0.25, 0.3) is 0 Å². The van der Waals surface area contributed by atoms with Crippen molar-refractivity contribution in [3.63, 3.8) is 0 Å². The molecule has 0 spiro atoms. The maximum Gasteiger partial charge on any atom is 0.322 e. The molecule has 358 valence electrons. The van der Waals surface area contributed by atoms with Gasteiger partial charge in [0.1, 0.15) is 17.6 Å². The Labute approximate surface area is 363 Å². The highest BCUT2D eigenvalue weighted by Crippen LogP contribution is 2.26. The lowest BCUT2D eigenvalue weighted by molar-refractivity contribution is -0.142. The molecule has 0 aromatic heterocycles. The number of likely N-dealkylation sites (N-methyl/N-ethyl adjacent to an activating group) is 7. The summed E-state index contributed by atoms with van der Waals surface area (Å²) < 4.78 is 4.40. The zero-order chi connectivity index (χ0) is 48.7. The first-order valence-corrected chi connectivity index (χ1v) is 21.6. The van der Waals surface area contributed by atoms with E-state index in [1.165, 1.54) is 7.11 Å². The van der Waals surface area contributed by atoms with Crippen LogP contribution < -0.4 is 21.3 Å². The van der Waals surface area contributed by atoms with Gasteiger partial charge in [0.15, 0.2) is 5.78 Å². The van der Waals surface area contributed by atoms with Crippen molar-refractivity contribution < 1.29 is 39.2 Å². The Morgan fingerprint density at radius 3 is 1.17 bits per heavy atom. The molecule has 59 heavy (non-hydrogen) atoms. The largest absolute Gasteiger partial charge is 0.468 e. The zero-order valence-corrected chi connectivity index (χ0v) is 42.8. The molecule has 3 fully saturated rings. The quantitative estimate of drug-likeness (QED) is 0.158. The number of hydrogen-bond donors (Lipinski definition) is 7. The van der Waals surface area contributed by atoms with E-state index in [-0.39, 0.29) is 47.7 Å². The fraction of sp³-hybridized carbons (Fsp3) is 0.909. The summed E-state index contributed by atoms with van der Waals surface area (Å²) in [6.07, 6.45) is 1.41. The fourth-order valence-corrected chi connectivity index (χ4v) is 4.50. The van der Waals surface area contributed by atoms with Gasteiger partial charge >= 0.3 is 5.97 Å². The number of carbonyl (C=O) groups excluding carboxylic acids is 4. The van der Waals surface area contributed by atoms with E-state index in [0.29, 0.717) is 30.8 Å². The second kappa shape index (κ2) is 36.7. The highest BCUT2D eigenvalue weighted by molar-refractivity contribution is 5.90. The zero-order valence-electron chi connectivity index (χ0n) is 42.8. The van der Waals surface area contributed by atoms with E-state index in [4.69, 9.17) is 0 Å². The summed E-state index contributed by atoms with van der Waals surface area (Å²) in [5.74, 6) is 0.588. The number of nitrogens with one attached hydrogen (secondary N) is 4. The summed E-state index contributed by atoms with van der Waals surface area (Å²) in [5, 5.41) is 39.6. The second-order valence-corrected chi connectivity index (χ2v) is 15.7. The fourth-order valence-electron chi connectivity index (χ4n) is 4.50. The number of rotatable bonds is 10. The van der Waals surface area contributed by atoms with Crippen LogP contribution in [0.4, 0.5) is 0 Å². The predicted molar refractivity (Wildman–Crippen MR) is 248 cm³/mol. The third kappa shape index (κ3) is 30.7. The summed E-state index contributed by atoms with van der Waals surface area (Å²) in [5.41, 5.74) is -1.40. The van der Waals surface area contributed by atoms with Crippen LogP contribution in [-0.2, 0) is 23.9 Å². The van der Waals surface area contributed by atoms with Crippen LogP contribution in [0.5, 0.6) is 0 Å². The molecule has 3 rings (SSSR count). The van der Waals surface area contributed by atoms with Crippen molar-refractivity contribution in [2.75, 3.05) is 76.1 Å². The minimum atomic E-state index is -0.561. The lowest BCUT2D eigenvalue weighted by Crippen LogP contribution is -2.64. The topological polar surface area (TPSA) is 196 Å². The summed E-state index contributed by atoms with van der Waals surface area (Å²) in [6, 6.07) is 0.882. The van der Waals surface area contributed by atoms with Crippen molar-refractivity contribution in [2.45, 2.75) is 190 Å². The standard InChI is InChI=1S/C7H17NO.3C6H13NO.C5H11NO2.C5H9NO.C5H11NO.2C2H6/c1-5-7(3,9)6(2)8-4;2*1-5-6(2,8)4-7(5)3;1-4-6(8)5(2)7-3;1-4(6-2)5(7)8-3;1-4-5(7)3-6(4)2;1-4(6-3)5(2)7;2*1-2/h6,8-9H,5H2,1-4H3;2*5,8H,4H2,1-3H3;5,7H,4H2,1-3H3;4,6H,1-3H3;4H,3H2,1-2H3;4,6H,1-3H3;2*1-2H3. The van der Waals surface area contributed by atoms with Crippen LogP contribution in [0.3, 0.4) is 0 Å². The van der Waals surface area contributed by atoms with Gasteiger partial charge in [-0.25, -0.2) is 0 Å². The number of nitrogens with zero attached hydrogens (tertiary/aromatic N) is 3. The van der Waals surface area contributed by atoms with E-state index in [9.17, 15) is 34.5 Å². The van der Waals surface area contributed by atoms with Crippen LogP contribution >= 0.6 is 0 Å². The molecule has 10 atom stereocenters. The third-order valence-corrected chi connectivity index (χ3v) is 11.2. The van der Waals surface area contributed by atoms with Gasteiger partial charge in [-0.15, -0.1) is 0 Å². The molecule has 0 aromatic rings. The lowest BCUT2D eigenvalue weighted by atomic mass is 9.88. The third-order valence-electron chi connectivity index (χ3n) is 11.2. The van der Waals surface area contributed by atoms with Gasteiger partial charge in [0.05, 0.1) is 48.6 Å². The van der Waals surface area contributed by atoms with Gasteiger partial charge in [-0.1, -0.05) is 41.5 Å². The lowest BCUT2D eigenvalue weighted by Gasteiger charge is -2.49. The Kier molecular flexibility index (Phi) is 42.8. The average molecular weight is 854 g/mol. The summed E-state index contributed by atoms with van der Waals surface area (Å²) in [6.45, 7) is 34.7. The Bertz CT molecular complexity index is 1020. The second-order valence-electron chi connectivity index (χ2n) is 15.7. The van der Waals surface area contributed by atoms with Crippen LogP contribution in [0.2, 0.25) is 0 Å². The molecule has 0 amide bonds. The number of carbonyl (C=O) groups is 4. The van der Waals surface area contributed by atoms with E-state index in [1.54, 1.807) is 35.0 Å². The number of Topliss-reactive ketones (excluding diaryl/α,β-unsaturated/α-hetero) is 3. The van der Waals surface area contributed by atoms with Crippen molar-refractivity contribution in [3.05, 3.63) is 0 Å². The minimum absolute atomic E-state index is 0.0139. The molecule has 0 bridgehead atoms. The molecule has 15 nitrogen and oxygen atoms in total. The van der Waals surface area contributed by atoms with Crippen molar-refractivity contribution in [2.24, 2.45) is 0 Å². The number of hydrogen-bond acceptors (Lipinski definition) is 15. The SMILES string of the molecule is CC.CC.CC1C(=O)CN1C.CC1N(C)CC1(C)O.CC1N(C)CC1(C)O.CCC(=O)C(C)NC.CCC(C)(O)C(C)NC.CNC(C)C(=O)OC.CNC(C)C(C)=O. The molecule has 3 saturated heterocycles. The first-order chi connectivity index (χ1) is 27.0. The van der Waals surface area contributed by atoms with E-state index in [2.05, 4.69) is 35.8 Å². The first-order valence-electron chi connectivity index (χ1n) is 21.6.